The van der Waals surface area contributed by atoms with Crippen LogP contribution in [0.5, 0.6) is 0 Å². The van der Waals surface area contributed by atoms with Gasteiger partial charge in [0.2, 0.25) is 11.8 Å². The fraction of sp³-hybridized carbons (Fsp3) is 0.417. The third-order valence-corrected chi connectivity index (χ3v) is 5.59. The molecule has 1 fully saturated rings. The number of fused-ring (bicyclic) bond motifs is 1. The van der Waals surface area contributed by atoms with E-state index in [2.05, 4.69) is 37.4 Å². The zero-order valence-electron chi connectivity index (χ0n) is 16.9. The molecule has 0 saturated carbocycles. The number of carbonyl (C=O) groups is 2. The SMILES string of the molecule is CCCCNC(=O)C1CCC(C)N(C(=O)C=Cc2cccc3ccccc23)C1. The molecule has 2 aromatic rings. The summed E-state index contributed by atoms with van der Waals surface area (Å²) in [7, 11) is 0. The number of piperidine rings is 1. The lowest BCUT2D eigenvalue weighted by Crippen LogP contribution is -2.49. The van der Waals surface area contributed by atoms with Crippen LogP contribution < -0.4 is 5.32 Å². The van der Waals surface area contributed by atoms with Crippen molar-refractivity contribution < 1.29 is 9.59 Å². The van der Waals surface area contributed by atoms with Gasteiger partial charge in [-0.05, 0) is 48.6 Å². The molecule has 1 heterocycles. The first-order chi connectivity index (χ1) is 13.6. The third-order valence-electron chi connectivity index (χ3n) is 5.59. The first kappa shape index (κ1) is 20.1. The molecule has 0 aromatic heterocycles. The Bertz CT molecular complexity index is 853. The van der Waals surface area contributed by atoms with Gasteiger partial charge in [-0.15, -0.1) is 0 Å². The molecule has 1 aliphatic heterocycles. The average Bonchev–Trinajstić information content (AvgIpc) is 2.72. The highest BCUT2D eigenvalue weighted by atomic mass is 16.2. The summed E-state index contributed by atoms with van der Waals surface area (Å²) in [5.74, 6) is -0.0503. The number of rotatable bonds is 6. The second-order valence-electron chi connectivity index (χ2n) is 7.66. The van der Waals surface area contributed by atoms with Crippen LogP contribution in [0.3, 0.4) is 0 Å². The summed E-state index contributed by atoms with van der Waals surface area (Å²) < 4.78 is 0. The molecule has 4 nitrogen and oxygen atoms in total. The topological polar surface area (TPSA) is 49.4 Å². The van der Waals surface area contributed by atoms with E-state index in [0.717, 1.165) is 48.6 Å². The van der Waals surface area contributed by atoms with Crippen molar-refractivity contribution >= 4 is 28.7 Å². The Morgan fingerprint density at radius 3 is 2.75 bits per heavy atom. The summed E-state index contributed by atoms with van der Waals surface area (Å²) in [5, 5.41) is 5.30. The van der Waals surface area contributed by atoms with Crippen LogP contribution >= 0.6 is 0 Å². The van der Waals surface area contributed by atoms with Crippen LogP contribution in [0, 0.1) is 5.92 Å². The largest absolute Gasteiger partial charge is 0.356 e. The van der Waals surface area contributed by atoms with E-state index < -0.39 is 0 Å². The average molecular weight is 379 g/mol. The van der Waals surface area contributed by atoms with E-state index in [-0.39, 0.29) is 23.8 Å². The molecule has 0 bridgehead atoms. The standard InChI is InChI=1S/C24H30N2O2/c1-3-4-16-25-24(28)21-13-12-18(2)26(17-21)23(27)15-14-20-10-7-9-19-8-5-6-11-22(19)20/h5-11,14-15,18,21H,3-4,12-13,16-17H2,1-2H3,(H,25,28). The number of carbonyl (C=O) groups excluding carboxylic acids is 2. The molecule has 148 valence electrons. The zero-order valence-corrected chi connectivity index (χ0v) is 16.9. The van der Waals surface area contributed by atoms with E-state index in [1.165, 1.54) is 0 Å². The van der Waals surface area contributed by atoms with Crippen molar-refractivity contribution in [1.29, 1.82) is 0 Å². The van der Waals surface area contributed by atoms with Gasteiger partial charge in [0.05, 0.1) is 5.92 Å². The lowest BCUT2D eigenvalue weighted by Gasteiger charge is -2.36. The van der Waals surface area contributed by atoms with E-state index in [4.69, 9.17) is 0 Å². The molecular weight excluding hydrogens is 348 g/mol. The van der Waals surface area contributed by atoms with E-state index in [9.17, 15) is 9.59 Å². The third kappa shape index (κ3) is 4.80. The second kappa shape index (κ2) is 9.54. The van der Waals surface area contributed by atoms with Gasteiger partial charge in [-0.3, -0.25) is 9.59 Å². The smallest absolute Gasteiger partial charge is 0.246 e. The number of likely N-dealkylation sites (tertiary alicyclic amines) is 1. The van der Waals surface area contributed by atoms with Crippen molar-refractivity contribution in [2.75, 3.05) is 13.1 Å². The number of hydrogen-bond donors (Lipinski definition) is 1. The number of unbranched alkanes of at least 4 members (excludes halogenated alkanes) is 1. The van der Waals surface area contributed by atoms with Crippen molar-refractivity contribution in [1.82, 2.24) is 10.2 Å². The van der Waals surface area contributed by atoms with Crippen LogP contribution in [0.1, 0.15) is 45.1 Å². The number of nitrogens with zero attached hydrogens (tertiary/aromatic N) is 1. The molecule has 2 amide bonds. The predicted molar refractivity (Wildman–Crippen MR) is 115 cm³/mol. The molecule has 0 spiro atoms. The minimum atomic E-state index is -0.108. The highest BCUT2D eigenvalue weighted by Crippen LogP contribution is 2.24. The Labute approximate surface area is 167 Å². The molecule has 4 heteroatoms. The van der Waals surface area contributed by atoms with Gasteiger partial charge >= 0.3 is 0 Å². The minimum absolute atomic E-state index is 0.0218. The summed E-state index contributed by atoms with van der Waals surface area (Å²) >= 11 is 0. The number of amides is 2. The maximum Gasteiger partial charge on any atom is 0.246 e. The van der Waals surface area contributed by atoms with E-state index >= 15 is 0 Å². The van der Waals surface area contributed by atoms with Gasteiger partial charge in [-0.25, -0.2) is 0 Å². The number of hydrogen-bond acceptors (Lipinski definition) is 2. The Balaban J connectivity index is 1.68. The van der Waals surface area contributed by atoms with Gasteiger partial charge in [-0.1, -0.05) is 55.8 Å². The van der Waals surface area contributed by atoms with Crippen LogP contribution in [0.2, 0.25) is 0 Å². The molecule has 2 aromatic carbocycles. The molecule has 1 saturated heterocycles. The summed E-state index contributed by atoms with van der Waals surface area (Å²) in [6, 6.07) is 14.4. The maximum atomic E-state index is 12.9. The van der Waals surface area contributed by atoms with Crippen LogP contribution in [0.4, 0.5) is 0 Å². The van der Waals surface area contributed by atoms with Crippen LogP contribution in [-0.4, -0.2) is 35.8 Å². The van der Waals surface area contributed by atoms with Gasteiger partial charge in [0.1, 0.15) is 0 Å². The molecule has 1 aliphatic rings. The fourth-order valence-corrected chi connectivity index (χ4v) is 3.81. The highest BCUT2D eigenvalue weighted by Gasteiger charge is 2.31. The first-order valence-corrected chi connectivity index (χ1v) is 10.3. The lowest BCUT2D eigenvalue weighted by molar-refractivity contribution is -0.134. The molecule has 2 unspecified atom stereocenters. The molecule has 28 heavy (non-hydrogen) atoms. The van der Waals surface area contributed by atoms with Crippen molar-refractivity contribution in [3.63, 3.8) is 0 Å². The lowest BCUT2D eigenvalue weighted by atomic mass is 9.92. The van der Waals surface area contributed by atoms with Crippen molar-refractivity contribution in [3.05, 3.63) is 54.1 Å². The van der Waals surface area contributed by atoms with Crippen molar-refractivity contribution in [3.8, 4) is 0 Å². The molecular formula is C24H30N2O2. The molecule has 2 atom stereocenters. The van der Waals surface area contributed by atoms with Crippen molar-refractivity contribution in [2.24, 2.45) is 5.92 Å². The molecule has 0 radical (unpaired) electrons. The monoisotopic (exact) mass is 378 g/mol. The van der Waals surface area contributed by atoms with Gasteiger partial charge in [0, 0.05) is 25.2 Å². The minimum Gasteiger partial charge on any atom is -0.356 e. The Morgan fingerprint density at radius 2 is 1.93 bits per heavy atom. The fourth-order valence-electron chi connectivity index (χ4n) is 3.81. The predicted octanol–water partition coefficient (Wildman–Crippen LogP) is 4.40. The molecule has 1 N–H and O–H groups in total. The summed E-state index contributed by atoms with van der Waals surface area (Å²) in [5.41, 5.74) is 1.03. The number of nitrogens with one attached hydrogen (secondary N) is 1. The number of benzene rings is 2. The van der Waals surface area contributed by atoms with Gasteiger partial charge in [0.25, 0.3) is 0 Å². The van der Waals surface area contributed by atoms with E-state index in [1.807, 2.05) is 35.2 Å². The van der Waals surface area contributed by atoms with Gasteiger partial charge in [-0.2, -0.15) is 0 Å². The Hall–Kier alpha value is -2.62. The molecule has 0 aliphatic carbocycles. The highest BCUT2D eigenvalue weighted by molar-refractivity contribution is 5.97. The Morgan fingerprint density at radius 1 is 1.14 bits per heavy atom. The summed E-state index contributed by atoms with van der Waals surface area (Å²) in [6.45, 7) is 5.39. The summed E-state index contributed by atoms with van der Waals surface area (Å²) in [6.07, 6.45) is 7.30. The first-order valence-electron chi connectivity index (χ1n) is 10.3. The Kier molecular flexibility index (Phi) is 6.85. The molecule has 3 rings (SSSR count). The zero-order chi connectivity index (χ0) is 19.9. The quantitative estimate of drug-likeness (QED) is 0.598. The maximum absolute atomic E-state index is 12.9. The van der Waals surface area contributed by atoms with Crippen molar-refractivity contribution in [2.45, 2.75) is 45.6 Å². The van der Waals surface area contributed by atoms with Crippen LogP contribution in [-0.2, 0) is 9.59 Å². The van der Waals surface area contributed by atoms with Crippen LogP contribution in [0.25, 0.3) is 16.8 Å². The van der Waals surface area contributed by atoms with Crippen LogP contribution in [0.15, 0.2) is 48.5 Å². The van der Waals surface area contributed by atoms with E-state index in [0.29, 0.717) is 6.54 Å². The van der Waals surface area contributed by atoms with E-state index in [1.54, 1.807) is 6.08 Å². The normalized spacial score (nSPS) is 19.9. The summed E-state index contributed by atoms with van der Waals surface area (Å²) in [4.78, 5) is 27.1. The van der Waals surface area contributed by atoms with Gasteiger partial charge in [0.15, 0.2) is 0 Å². The second-order valence-corrected chi connectivity index (χ2v) is 7.66. The van der Waals surface area contributed by atoms with Gasteiger partial charge < -0.3 is 10.2 Å².